The van der Waals surface area contributed by atoms with Gasteiger partial charge in [0, 0.05) is 13.0 Å². The quantitative estimate of drug-likeness (QED) is 0.353. The molecule has 0 amide bonds. The lowest BCUT2D eigenvalue weighted by atomic mass is 10.3. The van der Waals surface area contributed by atoms with Crippen LogP contribution in [0.3, 0.4) is 0 Å². The summed E-state index contributed by atoms with van der Waals surface area (Å²) in [7, 11) is 0. The number of carbonyl (C=O) groups is 2. The summed E-state index contributed by atoms with van der Waals surface area (Å²) in [6.07, 6.45) is 2.50. The van der Waals surface area contributed by atoms with Crippen LogP contribution >= 0.6 is 0 Å². The van der Waals surface area contributed by atoms with Crippen LogP contribution in [0.1, 0.15) is 19.8 Å². The first kappa shape index (κ1) is 11.7. The summed E-state index contributed by atoms with van der Waals surface area (Å²) in [5.41, 5.74) is 0. The van der Waals surface area contributed by atoms with Crippen molar-refractivity contribution in [3.63, 3.8) is 0 Å². The molecule has 0 rings (SSSR count). The first-order chi connectivity index (χ1) is 6.16. The molecule has 0 radical (unpaired) electrons. The summed E-state index contributed by atoms with van der Waals surface area (Å²) in [6, 6.07) is 0. The Bertz CT molecular complexity index is 186. The molecule has 13 heavy (non-hydrogen) atoms. The molecule has 4 nitrogen and oxygen atoms in total. The third-order valence-electron chi connectivity index (χ3n) is 1.25. The highest BCUT2D eigenvalue weighted by atomic mass is 16.5. The second kappa shape index (κ2) is 7.34. The predicted molar refractivity (Wildman–Crippen MR) is 47.0 cm³/mol. The van der Waals surface area contributed by atoms with Crippen LogP contribution in [-0.4, -0.2) is 25.2 Å². The zero-order chi connectivity index (χ0) is 10.1. The van der Waals surface area contributed by atoms with E-state index in [1.807, 2.05) is 0 Å². The van der Waals surface area contributed by atoms with Gasteiger partial charge >= 0.3 is 11.9 Å². The Morgan fingerprint density at radius 1 is 1.23 bits per heavy atom. The van der Waals surface area contributed by atoms with E-state index in [0.717, 1.165) is 6.08 Å². The Labute approximate surface area is 77.5 Å². The summed E-state index contributed by atoms with van der Waals surface area (Å²) in [5, 5.41) is 0. The molecule has 0 aromatic heterocycles. The summed E-state index contributed by atoms with van der Waals surface area (Å²) < 4.78 is 9.38. The molecule has 0 spiro atoms. The van der Waals surface area contributed by atoms with Gasteiger partial charge in [-0.1, -0.05) is 6.58 Å². The lowest BCUT2D eigenvalue weighted by molar-refractivity contribution is -0.142. The first-order valence-corrected chi connectivity index (χ1v) is 4.09. The third-order valence-corrected chi connectivity index (χ3v) is 1.25. The second-order valence-electron chi connectivity index (χ2n) is 2.42. The van der Waals surface area contributed by atoms with Crippen LogP contribution < -0.4 is 0 Å². The fourth-order valence-electron chi connectivity index (χ4n) is 0.652. The fourth-order valence-corrected chi connectivity index (χ4v) is 0.652. The fraction of sp³-hybridized carbons (Fsp3) is 0.556. The molecule has 4 heteroatoms. The van der Waals surface area contributed by atoms with Gasteiger partial charge in [0.1, 0.15) is 0 Å². The molecule has 0 aliphatic carbocycles. The van der Waals surface area contributed by atoms with Gasteiger partial charge in [0.2, 0.25) is 0 Å². The van der Waals surface area contributed by atoms with E-state index >= 15 is 0 Å². The lowest BCUT2D eigenvalue weighted by Crippen LogP contribution is -2.05. The van der Waals surface area contributed by atoms with Gasteiger partial charge in [-0.3, -0.25) is 4.79 Å². The number of ether oxygens (including phenoxy) is 2. The normalized spacial score (nSPS) is 9.00. The third kappa shape index (κ3) is 8.59. The van der Waals surface area contributed by atoms with Crippen molar-refractivity contribution in [1.29, 1.82) is 0 Å². The van der Waals surface area contributed by atoms with Crippen molar-refractivity contribution in [2.45, 2.75) is 19.8 Å². The maximum Gasteiger partial charge on any atom is 0.330 e. The number of rotatable bonds is 6. The van der Waals surface area contributed by atoms with Gasteiger partial charge in [-0.15, -0.1) is 0 Å². The van der Waals surface area contributed by atoms with Crippen LogP contribution in [0.5, 0.6) is 0 Å². The van der Waals surface area contributed by atoms with E-state index in [9.17, 15) is 9.59 Å². The Balaban J connectivity index is 3.12. The predicted octanol–water partition coefficient (Wildman–Crippen LogP) is 1.06. The molecule has 0 atom stereocenters. The first-order valence-electron chi connectivity index (χ1n) is 4.09. The van der Waals surface area contributed by atoms with Crippen molar-refractivity contribution < 1.29 is 19.1 Å². The van der Waals surface area contributed by atoms with Crippen molar-refractivity contribution in [2.75, 3.05) is 13.2 Å². The molecule has 0 bridgehead atoms. The highest BCUT2D eigenvalue weighted by Crippen LogP contribution is 1.92. The molecule has 0 fully saturated rings. The summed E-state index contributed by atoms with van der Waals surface area (Å²) >= 11 is 0. The van der Waals surface area contributed by atoms with E-state index in [2.05, 4.69) is 11.3 Å². The molecule has 0 aromatic rings. The highest BCUT2D eigenvalue weighted by Gasteiger charge is 1.96. The summed E-state index contributed by atoms with van der Waals surface area (Å²) in [5.74, 6) is -0.712. The van der Waals surface area contributed by atoms with E-state index in [1.54, 1.807) is 0 Å². The molecule has 0 aliphatic heterocycles. The monoisotopic (exact) mass is 186 g/mol. The number of hydrogen-bond acceptors (Lipinski definition) is 4. The zero-order valence-corrected chi connectivity index (χ0v) is 7.75. The minimum Gasteiger partial charge on any atom is -0.466 e. The molecule has 0 saturated heterocycles. The van der Waals surface area contributed by atoms with E-state index in [4.69, 9.17) is 4.74 Å². The number of hydrogen-bond donors (Lipinski definition) is 0. The van der Waals surface area contributed by atoms with Crippen molar-refractivity contribution in [2.24, 2.45) is 0 Å². The van der Waals surface area contributed by atoms with Crippen molar-refractivity contribution in [1.82, 2.24) is 0 Å². The van der Waals surface area contributed by atoms with Crippen molar-refractivity contribution in [3.8, 4) is 0 Å². The van der Waals surface area contributed by atoms with Gasteiger partial charge in [0.15, 0.2) is 0 Å². The molecule has 0 N–H and O–H groups in total. The van der Waals surface area contributed by atoms with Crippen LogP contribution in [0, 0.1) is 0 Å². The van der Waals surface area contributed by atoms with Gasteiger partial charge in [0.25, 0.3) is 0 Å². The van der Waals surface area contributed by atoms with Gasteiger partial charge in [-0.2, -0.15) is 0 Å². The number of carbonyl (C=O) groups excluding carboxylic acids is 2. The standard InChI is InChI=1S/C9H14O4/c1-3-9(11)13-7-5-4-6-12-8(2)10/h3H,1,4-7H2,2H3. The van der Waals surface area contributed by atoms with Gasteiger partial charge in [-0.25, -0.2) is 4.79 Å². The van der Waals surface area contributed by atoms with Crippen LogP contribution in [0.4, 0.5) is 0 Å². The summed E-state index contributed by atoms with van der Waals surface area (Å²) in [6.45, 7) is 5.33. The van der Waals surface area contributed by atoms with E-state index in [-0.39, 0.29) is 5.97 Å². The topological polar surface area (TPSA) is 52.6 Å². The number of esters is 2. The van der Waals surface area contributed by atoms with E-state index in [0.29, 0.717) is 26.1 Å². The minimum absolute atomic E-state index is 0.289. The molecule has 74 valence electrons. The van der Waals surface area contributed by atoms with Crippen LogP contribution in [0.15, 0.2) is 12.7 Å². The second-order valence-corrected chi connectivity index (χ2v) is 2.42. The summed E-state index contributed by atoms with van der Waals surface area (Å²) in [4.78, 5) is 20.8. The molecule has 0 saturated carbocycles. The Morgan fingerprint density at radius 2 is 1.77 bits per heavy atom. The van der Waals surface area contributed by atoms with E-state index in [1.165, 1.54) is 6.92 Å². The molecular weight excluding hydrogens is 172 g/mol. The van der Waals surface area contributed by atoms with Crippen LogP contribution in [-0.2, 0) is 19.1 Å². The molecule has 0 unspecified atom stereocenters. The van der Waals surface area contributed by atoms with Gasteiger partial charge in [-0.05, 0) is 12.8 Å². The molecular formula is C9H14O4. The Hall–Kier alpha value is -1.32. The average Bonchev–Trinajstić information content (AvgIpc) is 2.10. The van der Waals surface area contributed by atoms with Gasteiger partial charge in [0.05, 0.1) is 13.2 Å². The van der Waals surface area contributed by atoms with Crippen LogP contribution in [0.25, 0.3) is 0 Å². The zero-order valence-electron chi connectivity index (χ0n) is 7.75. The van der Waals surface area contributed by atoms with Gasteiger partial charge < -0.3 is 9.47 Å². The maximum atomic E-state index is 10.5. The van der Waals surface area contributed by atoms with Crippen LogP contribution in [0.2, 0.25) is 0 Å². The SMILES string of the molecule is C=CC(=O)OCCCCOC(C)=O. The lowest BCUT2D eigenvalue weighted by Gasteiger charge is -2.02. The molecule has 0 heterocycles. The van der Waals surface area contributed by atoms with Crippen molar-refractivity contribution >= 4 is 11.9 Å². The number of unbranched alkanes of at least 4 members (excludes halogenated alkanes) is 1. The Kier molecular flexibility index (Phi) is 6.59. The van der Waals surface area contributed by atoms with Crippen molar-refractivity contribution in [3.05, 3.63) is 12.7 Å². The Morgan fingerprint density at radius 3 is 2.23 bits per heavy atom. The molecule has 0 aromatic carbocycles. The van der Waals surface area contributed by atoms with E-state index < -0.39 is 5.97 Å². The minimum atomic E-state index is -0.424. The molecule has 0 aliphatic rings. The largest absolute Gasteiger partial charge is 0.466 e. The average molecular weight is 186 g/mol. The maximum absolute atomic E-state index is 10.5. The highest BCUT2D eigenvalue weighted by molar-refractivity contribution is 5.81. The smallest absolute Gasteiger partial charge is 0.330 e.